The minimum Gasteiger partial charge on any atom is -0.369 e. The number of benzene rings is 1. The van der Waals surface area contributed by atoms with Gasteiger partial charge < -0.3 is 4.90 Å². The Morgan fingerprint density at radius 2 is 2.00 bits per heavy atom. The summed E-state index contributed by atoms with van der Waals surface area (Å²) in [5.74, 6) is -0.303. The van der Waals surface area contributed by atoms with E-state index in [-0.39, 0.29) is 5.82 Å². The van der Waals surface area contributed by atoms with Gasteiger partial charge in [-0.05, 0) is 25.0 Å². The highest BCUT2D eigenvalue weighted by Crippen LogP contribution is 2.29. The van der Waals surface area contributed by atoms with Gasteiger partial charge in [0.2, 0.25) is 0 Å². The van der Waals surface area contributed by atoms with Gasteiger partial charge in [-0.2, -0.15) is 0 Å². The molecule has 3 heteroatoms. The standard InChI is InChI=1S/C14H18FNO/c1-16(12-7-3-2-4-8-12)14-11(10-17)6-5-9-13(14)15/h5-6,9-10,12H,2-4,7-8H2,1H3. The molecule has 0 saturated heterocycles. The lowest BCUT2D eigenvalue weighted by Crippen LogP contribution is -2.34. The number of rotatable bonds is 3. The van der Waals surface area contributed by atoms with Crippen LogP contribution in [0.3, 0.4) is 0 Å². The fourth-order valence-electron chi connectivity index (χ4n) is 2.65. The normalized spacial score (nSPS) is 16.8. The lowest BCUT2D eigenvalue weighted by Gasteiger charge is -2.33. The molecule has 2 rings (SSSR count). The molecule has 1 aromatic carbocycles. The van der Waals surface area contributed by atoms with Crippen molar-refractivity contribution in [3.8, 4) is 0 Å². The Labute approximate surface area is 101 Å². The maximum absolute atomic E-state index is 13.8. The summed E-state index contributed by atoms with van der Waals surface area (Å²) in [6.07, 6.45) is 6.56. The third-order valence-electron chi connectivity index (χ3n) is 3.62. The molecular weight excluding hydrogens is 217 g/mol. The largest absolute Gasteiger partial charge is 0.369 e. The van der Waals surface area contributed by atoms with Crippen LogP contribution in [0.2, 0.25) is 0 Å². The van der Waals surface area contributed by atoms with Crippen molar-refractivity contribution in [3.05, 3.63) is 29.6 Å². The van der Waals surface area contributed by atoms with Crippen LogP contribution in [0.4, 0.5) is 10.1 Å². The van der Waals surface area contributed by atoms with Crippen molar-refractivity contribution in [1.82, 2.24) is 0 Å². The highest BCUT2D eigenvalue weighted by atomic mass is 19.1. The van der Waals surface area contributed by atoms with E-state index in [0.717, 1.165) is 19.1 Å². The van der Waals surface area contributed by atoms with E-state index in [4.69, 9.17) is 0 Å². The predicted octanol–water partition coefficient (Wildman–Crippen LogP) is 3.41. The number of para-hydroxylation sites is 1. The molecule has 92 valence electrons. The number of nitrogens with zero attached hydrogens (tertiary/aromatic N) is 1. The van der Waals surface area contributed by atoms with Crippen LogP contribution in [0.25, 0.3) is 0 Å². The molecule has 0 spiro atoms. The van der Waals surface area contributed by atoms with E-state index in [9.17, 15) is 9.18 Å². The van der Waals surface area contributed by atoms with Gasteiger partial charge in [0.05, 0.1) is 5.69 Å². The van der Waals surface area contributed by atoms with Crippen LogP contribution in [0.15, 0.2) is 18.2 Å². The first-order chi connectivity index (χ1) is 8.24. The molecule has 0 bridgehead atoms. The second kappa shape index (κ2) is 5.30. The van der Waals surface area contributed by atoms with Gasteiger partial charge in [0, 0.05) is 18.7 Å². The van der Waals surface area contributed by atoms with Crippen molar-refractivity contribution in [2.75, 3.05) is 11.9 Å². The van der Waals surface area contributed by atoms with Gasteiger partial charge in [0.15, 0.2) is 6.29 Å². The summed E-state index contributed by atoms with van der Waals surface area (Å²) in [5.41, 5.74) is 0.896. The molecule has 0 amide bonds. The van der Waals surface area contributed by atoms with Crippen molar-refractivity contribution < 1.29 is 9.18 Å². The Morgan fingerprint density at radius 3 is 2.65 bits per heavy atom. The number of hydrogen-bond donors (Lipinski definition) is 0. The number of carbonyl (C=O) groups is 1. The van der Waals surface area contributed by atoms with Gasteiger partial charge in [-0.1, -0.05) is 25.3 Å². The lowest BCUT2D eigenvalue weighted by molar-refractivity contribution is 0.112. The van der Waals surface area contributed by atoms with E-state index in [0.29, 0.717) is 17.3 Å². The van der Waals surface area contributed by atoms with E-state index in [1.165, 1.54) is 25.3 Å². The van der Waals surface area contributed by atoms with E-state index in [1.807, 2.05) is 11.9 Å². The summed E-state index contributed by atoms with van der Waals surface area (Å²) >= 11 is 0. The average Bonchev–Trinajstić information content (AvgIpc) is 2.38. The smallest absolute Gasteiger partial charge is 0.152 e. The van der Waals surface area contributed by atoms with Crippen molar-refractivity contribution >= 4 is 12.0 Å². The minimum absolute atomic E-state index is 0.303. The minimum atomic E-state index is -0.303. The fourth-order valence-corrected chi connectivity index (χ4v) is 2.65. The topological polar surface area (TPSA) is 20.3 Å². The Kier molecular flexibility index (Phi) is 3.77. The SMILES string of the molecule is CN(c1c(F)cccc1C=O)C1CCCCC1. The number of carbonyl (C=O) groups excluding carboxylic acids is 1. The highest BCUT2D eigenvalue weighted by molar-refractivity contribution is 5.84. The third kappa shape index (κ3) is 2.48. The first-order valence-corrected chi connectivity index (χ1v) is 6.20. The molecule has 0 heterocycles. The Bertz CT molecular complexity index is 399. The maximum atomic E-state index is 13.8. The predicted molar refractivity (Wildman–Crippen MR) is 67.1 cm³/mol. The molecule has 1 aromatic rings. The second-order valence-electron chi connectivity index (χ2n) is 4.70. The van der Waals surface area contributed by atoms with E-state index in [2.05, 4.69) is 0 Å². The quantitative estimate of drug-likeness (QED) is 0.748. The summed E-state index contributed by atoms with van der Waals surface area (Å²) in [4.78, 5) is 12.9. The Balaban J connectivity index is 2.28. The second-order valence-corrected chi connectivity index (χ2v) is 4.70. The van der Waals surface area contributed by atoms with Crippen LogP contribution in [0, 0.1) is 5.82 Å². The molecule has 0 radical (unpaired) electrons. The zero-order valence-electron chi connectivity index (χ0n) is 10.2. The Morgan fingerprint density at radius 1 is 1.29 bits per heavy atom. The molecule has 0 atom stereocenters. The van der Waals surface area contributed by atoms with E-state index in [1.54, 1.807) is 12.1 Å². The van der Waals surface area contributed by atoms with Gasteiger partial charge in [-0.3, -0.25) is 4.79 Å². The summed E-state index contributed by atoms with van der Waals surface area (Å²) < 4.78 is 13.8. The molecule has 0 aliphatic heterocycles. The number of halogens is 1. The first-order valence-electron chi connectivity index (χ1n) is 6.20. The van der Waals surface area contributed by atoms with Gasteiger partial charge in [-0.15, -0.1) is 0 Å². The molecule has 1 aliphatic carbocycles. The zero-order chi connectivity index (χ0) is 12.3. The molecule has 1 saturated carbocycles. The van der Waals surface area contributed by atoms with Gasteiger partial charge in [-0.25, -0.2) is 4.39 Å². The van der Waals surface area contributed by atoms with Crippen LogP contribution in [0.1, 0.15) is 42.5 Å². The van der Waals surface area contributed by atoms with Gasteiger partial charge in [0.1, 0.15) is 5.82 Å². The van der Waals surface area contributed by atoms with Crippen LogP contribution in [0.5, 0.6) is 0 Å². The molecule has 1 fully saturated rings. The van der Waals surface area contributed by atoms with Crippen molar-refractivity contribution in [2.45, 2.75) is 38.1 Å². The first kappa shape index (κ1) is 12.1. The van der Waals surface area contributed by atoms with Crippen LogP contribution >= 0.6 is 0 Å². The van der Waals surface area contributed by atoms with Crippen LogP contribution in [-0.4, -0.2) is 19.4 Å². The van der Waals surface area contributed by atoms with Gasteiger partial charge >= 0.3 is 0 Å². The van der Waals surface area contributed by atoms with Crippen LogP contribution in [-0.2, 0) is 0 Å². The van der Waals surface area contributed by atoms with Crippen molar-refractivity contribution in [1.29, 1.82) is 0 Å². The number of hydrogen-bond acceptors (Lipinski definition) is 2. The van der Waals surface area contributed by atoms with Crippen molar-refractivity contribution in [3.63, 3.8) is 0 Å². The molecular formula is C14H18FNO. The summed E-state index contributed by atoms with van der Waals surface area (Å²) in [5, 5.41) is 0. The molecule has 0 aromatic heterocycles. The number of aldehydes is 1. The highest BCUT2D eigenvalue weighted by Gasteiger charge is 2.22. The van der Waals surface area contributed by atoms with Crippen molar-refractivity contribution in [2.24, 2.45) is 0 Å². The summed E-state index contributed by atoms with van der Waals surface area (Å²) in [6, 6.07) is 5.03. The van der Waals surface area contributed by atoms with Crippen LogP contribution < -0.4 is 4.90 Å². The Hall–Kier alpha value is -1.38. The van der Waals surface area contributed by atoms with Gasteiger partial charge in [0.25, 0.3) is 0 Å². The summed E-state index contributed by atoms with van der Waals surface area (Å²) in [6.45, 7) is 0. The average molecular weight is 235 g/mol. The van der Waals surface area contributed by atoms with E-state index < -0.39 is 0 Å². The maximum Gasteiger partial charge on any atom is 0.152 e. The third-order valence-corrected chi connectivity index (χ3v) is 3.62. The zero-order valence-corrected chi connectivity index (χ0v) is 10.2. The molecule has 1 aliphatic rings. The monoisotopic (exact) mass is 235 g/mol. The lowest BCUT2D eigenvalue weighted by atomic mass is 9.94. The molecule has 0 N–H and O–H groups in total. The molecule has 0 unspecified atom stereocenters. The molecule has 17 heavy (non-hydrogen) atoms. The number of anilines is 1. The van der Waals surface area contributed by atoms with E-state index >= 15 is 0 Å². The molecule has 2 nitrogen and oxygen atoms in total. The fraction of sp³-hybridized carbons (Fsp3) is 0.500. The summed E-state index contributed by atoms with van der Waals surface area (Å²) in [7, 11) is 1.89.